The van der Waals surface area contributed by atoms with E-state index >= 15 is 0 Å². The van der Waals surface area contributed by atoms with Crippen LogP contribution in [0.2, 0.25) is 0 Å². The molecule has 1 atom stereocenters. The van der Waals surface area contributed by atoms with E-state index in [1.165, 1.54) is 7.11 Å². The Labute approximate surface area is 122 Å². The molecule has 110 valence electrons. The van der Waals surface area contributed by atoms with Crippen molar-refractivity contribution in [3.63, 3.8) is 0 Å². The molecule has 1 aliphatic carbocycles. The fourth-order valence-electron chi connectivity index (χ4n) is 3.63. The molecule has 1 spiro atoms. The maximum absolute atomic E-state index is 12.0. The lowest BCUT2D eigenvalue weighted by atomic mass is 9.82. The van der Waals surface area contributed by atoms with Crippen LogP contribution in [0, 0.1) is 11.3 Å². The third-order valence-corrected chi connectivity index (χ3v) is 4.94. The molecule has 0 bridgehead atoms. The van der Waals surface area contributed by atoms with Crippen molar-refractivity contribution in [2.75, 3.05) is 25.1 Å². The molecule has 4 rings (SSSR count). The van der Waals surface area contributed by atoms with E-state index in [0.717, 1.165) is 49.2 Å². The van der Waals surface area contributed by atoms with Crippen molar-refractivity contribution in [3.8, 4) is 0 Å². The first-order valence-electron chi connectivity index (χ1n) is 7.34. The fraction of sp³-hybridized carbons (Fsp3) is 0.533. The van der Waals surface area contributed by atoms with Crippen LogP contribution in [0.15, 0.2) is 18.6 Å². The Morgan fingerprint density at radius 3 is 3.10 bits per heavy atom. The molecular weight excluding hydrogens is 268 g/mol. The van der Waals surface area contributed by atoms with Gasteiger partial charge in [0.05, 0.1) is 18.4 Å². The number of hydrogen-bond donors (Lipinski definition) is 1. The van der Waals surface area contributed by atoms with Gasteiger partial charge in [-0.3, -0.25) is 4.79 Å². The molecule has 6 heteroatoms. The number of anilines is 1. The number of nitrogens with zero attached hydrogens (tertiary/aromatic N) is 3. The van der Waals surface area contributed by atoms with Crippen LogP contribution in [0.25, 0.3) is 11.0 Å². The third-order valence-electron chi connectivity index (χ3n) is 4.94. The monoisotopic (exact) mass is 286 g/mol. The molecule has 0 radical (unpaired) electrons. The first kappa shape index (κ1) is 12.6. The fourth-order valence-corrected chi connectivity index (χ4v) is 3.63. The highest BCUT2D eigenvalue weighted by Gasteiger charge is 2.55. The first-order valence-corrected chi connectivity index (χ1v) is 7.34. The predicted molar refractivity (Wildman–Crippen MR) is 77.9 cm³/mol. The highest BCUT2D eigenvalue weighted by molar-refractivity contribution is 5.87. The van der Waals surface area contributed by atoms with Crippen molar-refractivity contribution in [2.45, 2.75) is 19.3 Å². The number of carbonyl (C=O) groups excluding carboxylic acids is 1. The Bertz CT molecular complexity index is 692. The molecule has 1 unspecified atom stereocenters. The van der Waals surface area contributed by atoms with E-state index in [2.05, 4.69) is 19.9 Å². The molecule has 2 fully saturated rings. The second-order valence-electron chi connectivity index (χ2n) is 6.09. The zero-order valence-electron chi connectivity index (χ0n) is 12.0. The average Bonchev–Trinajstić information content (AvgIpc) is 3.10. The van der Waals surface area contributed by atoms with Gasteiger partial charge in [-0.15, -0.1) is 0 Å². The number of fused-ring (bicyclic) bond motifs is 1. The van der Waals surface area contributed by atoms with Crippen molar-refractivity contribution in [3.05, 3.63) is 18.6 Å². The van der Waals surface area contributed by atoms with Gasteiger partial charge >= 0.3 is 5.97 Å². The van der Waals surface area contributed by atoms with E-state index in [-0.39, 0.29) is 17.3 Å². The van der Waals surface area contributed by atoms with Crippen LogP contribution in [0.4, 0.5) is 5.82 Å². The molecule has 6 nitrogen and oxygen atoms in total. The number of aromatic nitrogens is 3. The Kier molecular flexibility index (Phi) is 2.67. The van der Waals surface area contributed by atoms with Gasteiger partial charge < -0.3 is 14.6 Å². The molecule has 3 heterocycles. The van der Waals surface area contributed by atoms with Crippen molar-refractivity contribution in [2.24, 2.45) is 11.3 Å². The number of H-pyrrole nitrogens is 1. The number of hydrogen-bond acceptors (Lipinski definition) is 5. The second kappa shape index (κ2) is 4.44. The number of methoxy groups -OCH3 is 1. The van der Waals surface area contributed by atoms with E-state index in [1.807, 2.05) is 12.3 Å². The van der Waals surface area contributed by atoms with E-state index in [4.69, 9.17) is 4.74 Å². The lowest BCUT2D eigenvalue weighted by Gasteiger charge is -2.38. The molecule has 0 amide bonds. The zero-order chi connectivity index (χ0) is 14.4. The highest BCUT2D eigenvalue weighted by atomic mass is 16.5. The molecule has 2 aromatic heterocycles. The Morgan fingerprint density at radius 2 is 2.33 bits per heavy atom. The summed E-state index contributed by atoms with van der Waals surface area (Å²) in [5, 5.41) is 1.05. The standard InChI is InChI=1S/C15H18N4O2/c1-21-14(20)11-3-7-19(8-15(11)4-5-15)13-10-2-6-16-12(10)17-9-18-13/h2,6,9,11H,3-5,7-8H2,1H3,(H,16,17,18). The van der Waals surface area contributed by atoms with Crippen LogP contribution in [0.3, 0.4) is 0 Å². The maximum atomic E-state index is 12.0. The summed E-state index contributed by atoms with van der Waals surface area (Å²) in [7, 11) is 1.48. The molecular formula is C15H18N4O2. The van der Waals surface area contributed by atoms with E-state index < -0.39 is 0 Å². The van der Waals surface area contributed by atoms with Crippen LogP contribution < -0.4 is 4.90 Å². The largest absolute Gasteiger partial charge is 0.469 e. The summed E-state index contributed by atoms with van der Waals surface area (Å²) in [6.07, 6.45) is 6.52. The van der Waals surface area contributed by atoms with Crippen molar-refractivity contribution in [1.29, 1.82) is 0 Å². The molecule has 2 aromatic rings. The number of ether oxygens (including phenoxy) is 1. The molecule has 1 N–H and O–H groups in total. The minimum Gasteiger partial charge on any atom is -0.469 e. The van der Waals surface area contributed by atoms with E-state index in [9.17, 15) is 4.79 Å². The predicted octanol–water partition coefficient (Wildman–Crippen LogP) is 1.74. The van der Waals surface area contributed by atoms with Crippen LogP contribution in [0.1, 0.15) is 19.3 Å². The first-order chi connectivity index (χ1) is 10.2. The summed E-state index contributed by atoms with van der Waals surface area (Å²) in [4.78, 5) is 26.1. The minimum atomic E-state index is -0.0540. The number of rotatable bonds is 2. The lowest BCUT2D eigenvalue weighted by Crippen LogP contribution is -2.45. The van der Waals surface area contributed by atoms with Gasteiger partial charge in [-0.1, -0.05) is 0 Å². The van der Waals surface area contributed by atoms with Crippen LogP contribution >= 0.6 is 0 Å². The number of piperidine rings is 1. The molecule has 1 saturated carbocycles. The number of nitrogens with one attached hydrogen (secondary N) is 1. The average molecular weight is 286 g/mol. The van der Waals surface area contributed by atoms with E-state index in [0.29, 0.717) is 0 Å². The van der Waals surface area contributed by atoms with Crippen LogP contribution in [-0.2, 0) is 9.53 Å². The van der Waals surface area contributed by atoms with E-state index in [1.54, 1.807) is 6.33 Å². The van der Waals surface area contributed by atoms with Gasteiger partial charge in [0, 0.05) is 24.7 Å². The summed E-state index contributed by atoms with van der Waals surface area (Å²) in [6.45, 7) is 1.71. The van der Waals surface area contributed by atoms with Crippen LogP contribution in [0.5, 0.6) is 0 Å². The van der Waals surface area contributed by atoms with Gasteiger partial charge in [0.2, 0.25) is 0 Å². The van der Waals surface area contributed by atoms with Gasteiger partial charge in [0.25, 0.3) is 0 Å². The quantitative estimate of drug-likeness (QED) is 0.851. The van der Waals surface area contributed by atoms with Gasteiger partial charge in [-0.2, -0.15) is 0 Å². The number of esters is 1. The molecule has 0 aromatic carbocycles. The lowest BCUT2D eigenvalue weighted by molar-refractivity contribution is -0.148. The second-order valence-corrected chi connectivity index (χ2v) is 6.09. The molecule has 21 heavy (non-hydrogen) atoms. The Hall–Kier alpha value is -2.11. The summed E-state index contributed by atoms with van der Waals surface area (Å²) in [5.74, 6) is 0.958. The smallest absolute Gasteiger partial charge is 0.309 e. The van der Waals surface area contributed by atoms with Crippen LogP contribution in [-0.4, -0.2) is 41.1 Å². The van der Waals surface area contributed by atoms with Crippen molar-refractivity contribution < 1.29 is 9.53 Å². The van der Waals surface area contributed by atoms with Gasteiger partial charge in [-0.25, -0.2) is 9.97 Å². The molecule has 1 aliphatic heterocycles. The Morgan fingerprint density at radius 1 is 1.48 bits per heavy atom. The number of aromatic amines is 1. The van der Waals surface area contributed by atoms with Gasteiger partial charge in [0.15, 0.2) is 0 Å². The summed E-state index contributed by atoms with van der Waals surface area (Å²) >= 11 is 0. The normalized spacial score (nSPS) is 23.5. The van der Waals surface area contributed by atoms with Crippen molar-refractivity contribution in [1.82, 2.24) is 15.0 Å². The van der Waals surface area contributed by atoms with Gasteiger partial charge in [-0.05, 0) is 25.3 Å². The summed E-state index contributed by atoms with van der Waals surface area (Å²) in [5.41, 5.74) is 0.957. The highest BCUT2D eigenvalue weighted by Crippen LogP contribution is 2.56. The minimum absolute atomic E-state index is 0.0438. The summed E-state index contributed by atoms with van der Waals surface area (Å²) < 4.78 is 4.98. The molecule has 1 saturated heterocycles. The number of carbonyl (C=O) groups is 1. The topological polar surface area (TPSA) is 71.1 Å². The zero-order valence-corrected chi connectivity index (χ0v) is 12.0. The van der Waals surface area contributed by atoms with Gasteiger partial charge in [0.1, 0.15) is 17.8 Å². The Balaban J connectivity index is 1.64. The van der Waals surface area contributed by atoms with Crippen molar-refractivity contribution >= 4 is 22.8 Å². The molecule has 2 aliphatic rings. The third kappa shape index (κ3) is 1.89. The SMILES string of the molecule is COC(=O)C1CCN(c2ncnc3[nH]ccc23)CC12CC2. The maximum Gasteiger partial charge on any atom is 0.309 e. The summed E-state index contributed by atoms with van der Waals surface area (Å²) in [6, 6.07) is 2.01.